The van der Waals surface area contributed by atoms with E-state index in [-0.39, 0.29) is 11.8 Å². The number of hydrogen-bond acceptors (Lipinski definition) is 3. The lowest BCUT2D eigenvalue weighted by Crippen LogP contribution is -2.45. The summed E-state index contributed by atoms with van der Waals surface area (Å²) in [7, 11) is 0. The summed E-state index contributed by atoms with van der Waals surface area (Å²) in [5.41, 5.74) is 6.84. The molecule has 1 rings (SSSR count). The Hall–Kier alpha value is -1.88. The second-order valence-corrected chi connectivity index (χ2v) is 4.58. The van der Waals surface area contributed by atoms with Crippen LogP contribution in [0.4, 0.5) is 0 Å². The van der Waals surface area contributed by atoms with Crippen molar-refractivity contribution in [2.75, 3.05) is 0 Å². The van der Waals surface area contributed by atoms with Crippen molar-refractivity contribution in [2.45, 2.75) is 32.9 Å². The van der Waals surface area contributed by atoms with Gasteiger partial charge in [-0.25, -0.2) is 4.79 Å². The van der Waals surface area contributed by atoms with Gasteiger partial charge in [-0.2, -0.15) is 0 Å². The molecule has 0 aromatic heterocycles. The molecule has 0 saturated carbocycles. The molecule has 0 spiro atoms. The van der Waals surface area contributed by atoms with E-state index in [1.165, 1.54) is 0 Å². The maximum atomic E-state index is 12.0. The Morgan fingerprint density at radius 3 is 2.32 bits per heavy atom. The van der Waals surface area contributed by atoms with E-state index in [1.54, 1.807) is 31.2 Å². The zero-order chi connectivity index (χ0) is 14.4. The molecule has 5 nitrogen and oxygen atoms in total. The van der Waals surface area contributed by atoms with Gasteiger partial charge >= 0.3 is 5.97 Å². The molecule has 104 valence electrons. The van der Waals surface area contributed by atoms with Crippen molar-refractivity contribution in [1.82, 2.24) is 5.32 Å². The van der Waals surface area contributed by atoms with Gasteiger partial charge in [0.15, 0.2) is 0 Å². The van der Waals surface area contributed by atoms with Crippen LogP contribution >= 0.6 is 0 Å². The Bertz CT molecular complexity index is 443. The number of carbonyl (C=O) groups excluding carboxylic acids is 1. The normalized spacial score (nSPS) is 13.6. The fourth-order valence-electron chi connectivity index (χ4n) is 1.70. The van der Waals surface area contributed by atoms with Crippen molar-refractivity contribution in [3.05, 3.63) is 35.4 Å². The molecule has 0 aliphatic carbocycles. The fraction of sp³-hybridized carbons (Fsp3) is 0.429. The van der Waals surface area contributed by atoms with Gasteiger partial charge in [-0.1, -0.05) is 32.4 Å². The lowest BCUT2D eigenvalue weighted by molar-refractivity contribution is -0.140. The number of nitrogens with two attached hydrogens (primary N) is 1. The Balaban J connectivity index is 2.78. The molecule has 5 heteroatoms. The highest BCUT2D eigenvalue weighted by Gasteiger charge is 2.25. The molecule has 1 aromatic carbocycles. The minimum atomic E-state index is -1.01. The summed E-state index contributed by atoms with van der Waals surface area (Å²) < 4.78 is 0. The Kier molecular flexibility index (Phi) is 5.51. The van der Waals surface area contributed by atoms with Crippen molar-refractivity contribution in [2.24, 2.45) is 11.7 Å². The first kappa shape index (κ1) is 15.2. The van der Waals surface area contributed by atoms with Crippen LogP contribution in [0.25, 0.3) is 0 Å². The number of hydrogen-bond donors (Lipinski definition) is 3. The number of carboxylic acids is 1. The summed E-state index contributed by atoms with van der Waals surface area (Å²) in [5.74, 6) is -1.51. The molecule has 2 atom stereocenters. The van der Waals surface area contributed by atoms with E-state index in [0.717, 1.165) is 5.56 Å². The van der Waals surface area contributed by atoms with Gasteiger partial charge in [0.05, 0.1) is 0 Å². The van der Waals surface area contributed by atoms with Crippen molar-refractivity contribution in [3.63, 3.8) is 0 Å². The number of carboxylic acid groups (broad SMARTS) is 1. The van der Waals surface area contributed by atoms with E-state index in [1.807, 2.05) is 6.92 Å². The quantitative estimate of drug-likeness (QED) is 0.723. The Morgan fingerprint density at radius 2 is 1.89 bits per heavy atom. The lowest BCUT2D eigenvalue weighted by Gasteiger charge is -2.20. The average molecular weight is 264 g/mol. The molecule has 1 amide bonds. The van der Waals surface area contributed by atoms with Gasteiger partial charge in [-0.15, -0.1) is 0 Å². The van der Waals surface area contributed by atoms with Gasteiger partial charge < -0.3 is 16.2 Å². The van der Waals surface area contributed by atoms with E-state index in [9.17, 15) is 9.59 Å². The molecular formula is C14H20N2O3. The van der Waals surface area contributed by atoms with Crippen molar-refractivity contribution >= 4 is 11.9 Å². The van der Waals surface area contributed by atoms with Crippen LogP contribution in [0.3, 0.4) is 0 Å². The molecule has 2 unspecified atom stereocenters. The van der Waals surface area contributed by atoms with Gasteiger partial charge in [0.2, 0.25) is 0 Å². The van der Waals surface area contributed by atoms with Crippen molar-refractivity contribution < 1.29 is 14.7 Å². The molecule has 0 fully saturated rings. The van der Waals surface area contributed by atoms with Crippen molar-refractivity contribution in [3.8, 4) is 0 Å². The molecule has 0 aliphatic heterocycles. The summed E-state index contributed by atoms with van der Waals surface area (Å²) in [5, 5.41) is 11.7. The van der Waals surface area contributed by atoms with E-state index < -0.39 is 12.0 Å². The average Bonchev–Trinajstić information content (AvgIpc) is 2.43. The second kappa shape index (κ2) is 6.89. The molecule has 0 radical (unpaired) electrons. The molecule has 0 heterocycles. The largest absolute Gasteiger partial charge is 0.480 e. The summed E-state index contributed by atoms with van der Waals surface area (Å²) in [6.07, 6.45) is 0.684. The third kappa shape index (κ3) is 4.06. The predicted octanol–water partition coefficient (Wildman–Crippen LogP) is 1.37. The van der Waals surface area contributed by atoms with Crippen LogP contribution in [-0.2, 0) is 11.3 Å². The van der Waals surface area contributed by atoms with Crippen LogP contribution < -0.4 is 11.1 Å². The SMILES string of the molecule is CCC(C)C(NC(=O)c1ccc(CN)cc1)C(=O)O. The van der Waals surface area contributed by atoms with Crippen LogP contribution in [0, 0.1) is 5.92 Å². The maximum Gasteiger partial charge on any atom is 0.326 e. The number of carbonyl (C=O) groups is 2. The number of aliphatic carboxylic acids is 1. The number of amides is 1. The van der Waals surface area contributed by atoms with E-state index in [0.29, 0.717) is 18.5 Å². The first-order valence-electron chi connectivity index (χ1n) is 6.32. The molecule has 4 N–H and O–H groups in total. The molecule has 19 heavy (non-hydrogen) atoms. The zero-order valence-corrected chi connectivity index (χ0v) is 11.2. The topological polar surface area (TPSA) is 92.4 Å². The number of nitrogens with one attached hydrogen (secondary N) is 1. The van der Waals surface area contributed by atoms with Crippen LogP contribution in [0.1, 0.15) is 36.2 Å². The highest BCUT2D eigenvalue weighted by atomic mass is 16.4. The van der Waals surface area contributed by atoms with E-state index >= 15 is 0 Å². The van der Waals surface area contributed by atoms with Gasteiger partial charge in [0.1, 0.15) is 6.04 Å². The first-order chi connectivity index (χ1) is 8.99. The molecule has 0 bridgehead atoms. The van der Waals surface area contributed by atoms with Gasteiger partial charge in [0.25, 0.3) is 5.91 Å². The van der Waals surface area contributed by atoms with Gasteiger partial charge in [0, 0.05) is 12.1 Å². The van der Waals surface area contributed by atoms with Crippen LogP contribution in [0.15, 0.2) is 24.3 Å². The lowest BCUT2D eigenvalue weighted by atomic mass is 9.99. The smallest absolute Gasteiger partial charge is 0.326 e. The molecule has 0 aliphatic rings. The van der Waals surface area contributed by atoms with E-state index in [2.05, 4.69) is 5.32 Å². The highest BCUT2D eigenvalue weighted by Crippen LogP contribution is 2.10. The third-order valence-electron chi connectivity index (χ3n) is 3.22. The standard InChI is InChI=1S/C14H20N2O3/c1-3-9(2)12(14(18)19)16-13(17)11-6-4-10(8-15)5-7-11/h4-7,9,12H,3,8,15H2,1-2H3,(H,16,17)(H,18,19). The maximum absolute atomic E-state index is 12.0. The summed E-state index contributed by atoms with van der Waals surface area (Å²) in [6.45, 7) is 4.10. The highest BCUT2D eigenvalue weighted by molar-refractivity contribution is 5.96. The van der Waals surface area contributed by atoms with E-state index in [4.69, 9.17) is 10.8 Å². The molecule has 1 aromatic rings. The first-order valence-corrected chi connectivity index (χ1v) is 6.32. The fourth-order valence-corrected chi connectivity index (χ4v) is 1.70. The second-order valence-electron chi connectivity index (χ2n) is 4.58. The van der Waals surface area contributed by atoms with Gasteiger partial charge in [-0.3, -0.25) is 4.79 Å². The summed E-state index contributed by atoms with van der Waals surface area (Å²) >= 11 is 0. The minimum absolute atomic E-state index is 0.121. The minimum Gasteiger partial charge on any atom is -0.480 e. The Labute approximate surface area is 112 Å². The molecular weight excluding hydrogens is 244 g/mol. The van der Waals surface area contributed by atoms with Crippen molar-refractivity contribution in [1.29, 1.82) is 0 Å². The monoisotopic (exact) mass is 264 g/mol. The summed E-state index contributed by atoms with van der Waals surface area (Å²) in [4.78, 5) is 23.1. The summed E-state index contributed by atoms with van der Waals surface area (Å²) in [6, 6.07) is 5.94. The Morgan fingerprint density at radius 1 is 1.32 bits per heavy atom. The zero-order valence-electron chi connectivity index (χ0n) is 11.2. The molecule has 0 saturated heterocycles. The predicted molar refractivity (Wildman–Crippen MR) is 72.7 cm³/mol. The van der Waals surface area contributed by atoms with Gasteiger partial charge in [-0.05, 0) is 23.6 Å². The number of benzene rings is 1. The van der Waals surface area contributed by atoms with Crippen LogP contribution in [0.5, 0.6) is 0 Å². The third-order valence-corrected chi connectivity index (χ3v) is 3.22. The number of rotatable bonds is 6. The van der Waals surface area contributed by atoms with Crippen LogP contribution in [0.2, 0.25) is 0 Å². The van der Waals surface area contributed by atoms with Crippen LogP contribution in [-0.4, -0.2) is 23.0 Å².